The zero-order valence-corrected chi connectivity index (χ0v) is 26.5. The smallest absolute Gasteiger partial charge is 0.407 e. The molecule has 4 aromatic rings. The van der Waals surface area contributed by atoms with Gasteiger partial charge in [-0.15, -0.1) is 0 Å². The van der Waals surface area contributed by atoms with Crippen LogP contribution >= 0.6 is 0 Å². The molecule has 13 heteroatoms. The number of anilines is 1. The van der Waals surface area contributed by atoms with Crippen molar-refractivity contribution in [2.24, 2.45) is 5.73 Å². The van der Waals surface area contributed by atoms with Crippen molar-refractivity contribution in [3.05, 3.63) is 131 Å². The number of hydrogen-bond acceptors (Lipinski definition) is 7. The number of carbonyl (C=O) groups excluding carboxylic acids is 2. The van der Waals surface area contributed by atoms with Crippen LogP contribution in [0, 0.1) is 23.3 Å². The van der Waals surface area contributed by atoms with Crippen LogP contribution in [0.4, 0.5) is 28.0 Å². The average Bonchev–Trinajstić information content (AvgIpc) is 3.10. The van der Waals surface area contributed by atoms with Crippen LogP contribution in [0.3, 0.4) is 0 Å². The molecule has 5 N–H and O–H groups in total. The number of carbonyl (C=O) groups is 2. The Morgan fingerprint density at radius 2 is 1.49 bits per heavy atom. The summed E-state index contributed by atoms with van der Waals surface area (Å²) in [5, 5.41) is 8.47. The molecule has 2 amide bonds. The van der Waals surface area contributed by atoms with Crippen LogP contribution in [-0.2, 0) is 20.8 Å². The van der Waals surface area contributed by atoms with E-state index >= 15 is 4.39 Å². The summed E-state index contributed by atoms with van der Waals surface area (Å²) in [4.78, 5) is 25.6. The predicted octanol–water partition coefficient (Wildman–Crippen LogP) is 5.39. The third-order valence-corrected chi connectivity index (χ3v) is 8.06. The maximum Gasteiger partial charge on any atom is 0.407 e. The Kier molecular flexibility index (Phi) is 11.8. The summed E-state index contributed by atoms with van der Waals surface area (Å²) < 4.78 is 72.7. The van der Waals surface area contributed by atoms with E-state index in [1.165, 1.54) is 78.9 Å². The monoisotopic (exact) mass is 680 g/mol. The fourth-order valence-electron chi connectivity index (χ4n) is 5.36. The summed E-state index contributed by atoms with van der Waals surface area (Å²) in [6.07, 6.45) is -1.84. The Balaban J connectivity index is 1.16. The molecule has 0 radical (unpaired) electrons. The molecule has 5 rings (SSSR count). The molecule has 0 aromatic heterocycles. The number of amides is 2. The first-order valence-electron chi connectivity index (χ1n) is 15.6. The van der Waals surface area contributed by atoms with Gasteiger partial charge in [0.2, 0.25) is 5.91 Å². The molecule has 0 spiro atoms. The van der Waals surface area contributed by atoms with Crippen LogP contribution in [0.5, 0.6) is 5.75 Å². The van der Waals surface area contributed by atoms with Gasteiger partial charge in [-0.05, 0) is 72.1 Å². The van der Waals surface area contributed by atoms with Crippen molar-refractivity contribution in [3.8, 4) is 5.75 Å². The first kappa shape index (κ1) is 35.3. The van der Waals surface area contributed by atoms with Crippen LogP contribution in [0.1, 0.15) is 29.5 Å². The molecule has 1 saturated heterocycles. The lowest BCUT2D eigenvalue weighted by molar-refractivity contribution is -0.117. The van der Waals surface area contributed by atoms with E-state index in [2.05, 4.69) is 16.0 Å². The lowest BCUT2D eigenvalue weighted by Gasteiger charge is -2.33. The van der Waals surface area contributed by atoms with E-state index in [-0.39, 0.29) is 43.1 Å². The highest BCUT2D eigenvalue weighted by molar-refractivity contribution is 5.97. The number of nitrogens with two attached hydrogens (primary N) is 1. The summed E-state index contributed by atoms with van der Waals surface area (Å²) in [7, 11) is 0. The molecule has 49 heavy (non-hydrogen) atoms. The fraction of sp³-hybridized carbons (Fsp3) is 0.278. The third-order valence-electron chi connectivity index (χ3n) is 8.06. The van der Waals surface area contributed by atoms with Gasteiger partial charge in [-0.25, -0.2) is 22.4 Å². The maximum absolute atomic E-state index is 15.1. The fourth-order valence-corrected chi connectivity index (χ4v) is 5.36. The summed E-state index contributed by atoms with van der Waals surface area (Å²) in [5.74, 6) is -3.72. The van der Waals surface area contributed by atoms with Crippen LogP contribution in [-0.4, -0.2) is 56.1 Å². The molecule has 1 aliphatic rings. The lowest BCUT2D eigenvalue weighted by Crippen LogP contribution is -2.53. The van der Waals surface area contributed by atoms with Gasteiger partial charge in [0.15, 0.2) is 11.6 Å². The molecule has 1 unspecified atom stereocenters. The van der Waals surface area contributed by atoms with Gasteiger partial charge in [-0.1, -0.05) is 42.5 Å². The third kappa shape index (κ3) is 9.56. The van der Waals surface area contributed by atoms with Gasteiger partial charge >= 0.3 is 6.09 Å². The summed E-state index contributed by atoms with van der Waals surface area (Å²) in [6.45, 7) is 2.36. The number of rotatable bonds is 12. The van der Waals surface area contributed by atoms with E-state index < -0.39 is 53.6 Å². The molecule has 4 atom stereocenters. The zero-order chi connectivity index (χ0) is 34.9. The second-order valence-electron chi connectivity index (χ2n) is 11.6. The van der Waals surface area contributed by atoms with E-state index in [9.17, 15) is 22.8 Å². The second kappa shape index (κ2) is 16.4. The maximum atomic E-state index is 15.1. The molecule has 4 aromatic carbocycles. The van der Waals surface area contributed by atoms with Crippen molar-refractivity contribution in [2.45, 2.75) is 43.7 Å². The van der Waals surface area contributed by atoms with E-state index in [0.717, 1.165) is 0 Å². The molecule has 0 bridgehead atoms. The summed E-state index contributed by atoms with van der Waals surface area (Å²) >= 11 is 0. The minimum absolute atomic E-state index is 0.0256. The highest BCUT2D eigenvalue weighted by atomic mass is 19.1. The number of alkyl carbamates (subject to hydrolysis) is 1. The highest BCUT2D eigenvalue weighted by Gasteiger charge is 2.31. The Morgan fingerprint density at radius 3 is 2.06 bits per heavy atom. The predicted molar refractivity (Wildman–Crippen MR) is 174 cm³/mol. The molecular weight excluding hydrogens is 644 g/mol. The first-order chi connectivity index (χ1) is 23.6. The number of morpholine rings is 1. The average molecular weight is 681 g/mol. The van der Waals surface area contributed by atoms with E-state index in [1.807, 2.05) is 0 Å². The number of benzene rings is 4. The number of hydrogen-bond donors (Lipinski definition) is 4. The standard InChI is InChI=1S/C36H36F4N4O5/c1-21(31-18-42-28(19-47-31)20-48-36(46)43-17-22-5-11-25(37)12-6-22)49-34-29(40)3-2-4-30(34)44-35(45)33(41)32(23-7-13-26(38)14-8-23)24-9-15-27(39)16-10-24/h2-16,21,28,31-33,42H,17-20,41H2,1H3,(H,43,46)(H,44,45)/t21-,28-,31-,33?/m0/s1. The van der Waals surface area contributed by atoms with Gasteiger partial charge in [-0.2, -0.15) is 0 Å². The normalized spacial score (nSPS) is 17.2. The van der Waals surface area contributed by atoms with Crippen molar-refractivity contribution in [2.75, 3.05) is 25.1 Å². The first-order valence-corrected chi connectivity index (χ1v) is 15.6. The minimum atomic E-state index is -1.24. The van der Waals surface area contributed by atoms with Gasteiger partial charge in [-0.3, -0.25) is 4.79 Å². The Labute approximate surface area is 280 Å². The van der Waals surface area contributed by atoms with Crippen LogP contribution in [0.25, 0.3) is 0 Å². The van der Waals surface area contributed by atoms with Gasteiger partial charge in [0.1, 0.15) is 36.3 Å². The molecule has 1 aliphatic heterocycles. The van der Waals surface area contributed by atoms with Gasteiger partial charge in [0, 0.05) is 19.0 Å². The van der Waals surface area contributed by atoms with E-state index in [4.69, 9.17) is 19.9 Å². The van der Waals surface area contributed by atoms with Crippen molar-refractivity contribution < 1.29 is 41.4 Å². The summed E-state index contributed by atoms with van der Waals surface area (Å²) in [5.41, 5.74) is 8.25. The molecule has 9 nitrogen and oxygen atoms in total. The van der Waals surface area contributed by atoms with Gasteiger partial charge < -0.3 is 35.9 Å². The number of para-hydroxylation sites is 1. The topological polar surface area (TPSA) is 124 Å². The lowest BCUT2D eigenvalue weighted by atomic mass is 9.85. The quantitative estimate of drug-likeness (QED) is 0.148. The van der Waals surface area contributed by atoms with Crippen LogP contribution in [0.2, 0.25) is 0 Å². The molecule has 1 fully saturated rings. The molecule has 258 valence electrons. The largest absolute Gasteiger partial charge is 0.483 e. The summed E-state index contributed by atoms with van der Waals surface area (Å²) in [6, 6.07) is 19.2. The molecule has 0 aliphatic carbocycles. The Bertz CT molecular complexity index is 1660. The number of halogens is 4. The van der Waals surface area contributed by atoms with Crippen molar-refractivity contribution in [1.82, 2.24) is 10.6 Å². The Hall–Kier alpha value is -4.98. The highest BCUT2D eigenvalue weighted by Crippen LogP contribution is 2.32. The Morgan fingerprint density at radius 1 is 0.898 bits per heavy atom. The van der Waals surface area contributed by atoms with Gasteiger partial charge in [0.25, 0.3) is 0 Å². The molecule has 0 saturated carbocycles. The molecule has 1 heterocycles. The van der Waals surface area contributed by atoms with Crippen molar-refractivity contribution in [1.29, 1.82) is 0 Å². The van der Waals surface area contributed by atoms with Crippen molar-refractivity contribution in [3.63, 3.8) is 0 Å². The van der Waals surface area contributed by atoms with Crippen LogP contribution in [0.15, 0.2) is 91.0 Å². The number of ether oxygens (including phenoxy) is 3. The second-order valence-corrected chi connectivity index (χ2v) is 11.6. The van der Waals surface area contributed by atoms with Crippen molar-refractivity contribution >= 4 is 17.7 Å². The minimum Gasteiger partial charge on any atom is -0.483 e. The SMILES string of the molecule is C[C@H](Oc1c(F)cccc1NC(=O)C(N)C(c1ccc(F)cc1)c1ccc(F)cc1)[C@@H]1CN[C@H](COC(=O)NCc2ccc(F)cc2)CO1. The zero-order valence-electron chi connectivity index (χ0n) is 26.5. The number of nitrogens with one attached hydrogen (secondary N) is 3. The van der Waals surface area contributed by atoms with Gasteiger partial charge in [0.05, 0.1) is 24.4 Å². The van der Waals surface area contributed by atoms with Crippen LogP contribution < -0.4 is 26.4 Å². The van der Waals surface area contributed by atoms with E-state index in [1.54, 1.807) is 19.1 Å². The molecular formula is C36H36F4N4O5. The van der Waals surface area contributed by atoms with E-state index in [0.29, 0.717) is 23.2 Å².